The van der Waals surface area contributed by atoms with Crippen LogP contribution in [0.25, 0.3) is 11.3 Å². The summed E-state index contributed by atoms with van der Waals surface area (Å²) in [7, 11) is -2.01. The van der Waals surface area contributed by atoms with E-state index in [1.54, 1.807) is 30.2 Å². The molecule has 5 rings (SSSR count). The number of piperazine rings is 1. The molecule has 0 saturated carbocycles. The lowest BCUT2D eigenvalue weighted by atomic mass is 10.0. The number of aryl methyl sites for hydroxylation is 1. The number of amides is 1. The number of anilines is 2. The molecule has 3 aromatic rings. The van der Waals surface area contributed by atoms with Gasteiger partial charge in [0.1, 0.15) is 17.9 Å². The highest BCUT2D eigenvalue weighted by atomic mass is 32.2. The lowest BCUT2D eigenvalue weighted by Crippen LogP contribution is -2.49. The third-order valence-electron chi connectivity index (χ3n) is 6.79. The summed E-state index contributed by atoms with van der Waals surface area (Å²) in [5, 5.41) is 0. The number of aromatic nitrogens is 2. The lowest BCUT2D eigenvalue weighted by Gasteiger charge is -2.35. The van der Waals surface area contributed by atoms with Crippen LogP contribution in [-0.4, -0.2) is 68.4 Å². The second-order valence-electron chi connectivity index (χ2n) is 8.95. The van der Waals surface area contributed by atoms with Gasteiger partial charge in [-0.2, -0.15) is 4.31 Å². The average Bonchev–Trinajstić information content (AvgIpc) is 2.92. The number of carbonyl (C=O) groups is 1. The van der Waals surface area contributed by atoms with E-state index < -0.39 is 10.0 Å². The number of carbonyl (C=O) groups excluding carboxylic acids is 1. The summed E-state index contributed by atoms with van der Waals surface area (Å²) in [6.45, 7) is 3.99. The molecular formula is C26H29N5O4S. The molecule has 1 fully saturated rings. The highest BCUT2D eigenvalue weighted by molar-refractivity contribution is 7.89. The van der Waals surface area contributed by atoms with Crippen LogP contribution >= 0.6 is 0 Å². The van der Waals surface area contributed by atoms with Crippen LogP contribution in [0.3, 0.4) is 0 Å². The van der Waals surface area contributed by atoms with Crippen LogP contribution < -0.4 is 14.5 Å². The topological polar surface area (TPSA) is 95.9 Å². The van der Waals surface area contributed by atoms with Crippen LogP contribution in [0.5, 0.6) is 5.75 Å². The number of rotatable bonds is 5. The van der Waals surface area contributed by atoms with E-state index in [-0.39, 0.29) is 10.8 Å². The van der Waals surface area contributed by atoms with Crippen molar-refractivity contribution in [3.05, 3.63) is 60.4 Å². The highest BCUT2D eigenvalue weighted by Gasteiger charge is 2.30. The smallest absolute Gasteiger partial charge is 0.243 e. The van der Waals surface area contributed by atoms with Gasteiger partial charge in [0.05, 0.1) is 17.7 Å². The first kappa shape index (κ1) is 24.2. The zero-order valence-electron chi connectivity index (χ0n) is 20.4. The molecule has 0 radical (unpaired) electrons. The van der Waals surface area contributed by atoms with Gasteiger partial charge in [0.15, 0.2) is 0 Å². The summed E-state index contributed by atoms with van der Waals surface area (Å²) in [4.78, 5) is 24.9. The Morgan fingerprint density at radius 1 is 0.944 bits per heavy atom. The number of sulfonamides is 1. The Kier molecular flexibility index (Phi) is 6.63. The maximum absolute atomic E-state index is 13.4. The molecule has 3 heterocycles. The molecule has 1 saturated heterocycles. The van der Waals surface area contributed by atoms with Gasteiger partial charge in [0, 0.05) is 57.0 Å². The summed E-state index contributed by atoms with van der Waals surface area (Å²) >= 11 is 0. The Bertz CT molecular complexity index is 1370. The molecule has 0 atom stereocenters. The molecule has 1 amide bonds. The van der Waals surface area contributed by atoms with E-state index in [4.69, 9.17) is 4.74 Å². The van der Waals surface area contributed by atoms with E-state index in [1.807, 2.05) is 30.3 Å². The van der Waals surface area contributed by atoms with E-state index in [0.717, 1.165) is 46.9 Å². The van der Waals surface area contributed by atoms with Crippen LogP contribution in [0.1, 0.15) is 18.9 Å². The first-order valence-electron chi connectivity index (χ1n) is 12.0. The van der Waals surface area contributed by atoms with E-state index >= 15 is 0 Å². The summed E-state index contributed by atoms with van der Waals surface area (Å²) in [5.41, 5.74) is 3.47. The number of nitrogens with zero attached hydrogens (tertiary/aromatic N) is 5. The van der Waals surface area contributed by atoms with Crippen molar-refractivity contribution in [1.29, 1.82) is 0 Å². The second kappa shape index (κ2) is 9.87. The molecule has 2 aliphatic rings. The molecule has 2 aromatic carbocycles. The fourth-order valence-electron chi connectivity index (χ4n) is 4.81. The van der Waals surface area contributed by atoms with Crippen molar-refractivity contribution in [2.24, 2.45) is 0 Å². The maximum atomic E-state index is 13.4. The first-order valence-corrected chi connectivity index (χ1v) is 13.4. The molecule has 0 N–H and O–H groups in total. The monoisotopic (exact) mass is 507 g/mol. The van der Waals surface area contributed by atoms with Gasteiger partial charge in [-0.25, -0.2) is 18.4 Å². The van der Waals surface area contributed by atoms with Gasteiger partial charge in [-0.15, -0.1) is 0 Å². The van der Waals surface area contributed by atoms with Crippen molar-refractivity contribution in [3.63, 3.8) is 0 Å². The molecule has 10 heteroatoms. The summed E-state index contributed by atoms with van der Waals surface area (Å²) in [5.74, 6) is 1.52. The highest BCUT2D eigenvalue weighted by Crippen LogP contribution is 2.31. The third kappa shape index (κ3) is 4.66. The van der Waals surface area contributed by atoms with Crippen LogP contribution in [0.2, 0.25) is 0 Å². The number of hydrogen-bond acceptors (Lipinski definition) is 7. The average molecular weight is 508 g/mol. The fraction of sp³-hybridized carbons (Fsp3) is 0.346. The molecule has 9 nitrogen and oxygen atoms in total. The summed E-state index contributed by atoms with van der Waals surface area (Å²) < 4.78 is 33.6. The van der Waals surface area contributed by atoms with Crippen LogP contribution in [0, 0.1) is 0 Å². The van der Waals surface area contributed by atoms with E-state index in [0.29, 0.717) is 32.7 Å². The van der Waals surface area contributed by atoms with Gasteiger partial charge in [0.25, 0.3) is 0 Å². The Balaban J connectivity index is 1.29. The number of hydrogen-bond donors (Lipinski definition) is 0. The number of methoxy groups -OCH3 is 1. The minimum absolute atomic E-state index is 0.0254. The van der Waals surface area contributed by atoms with Gasteiger partial charge in [-0.3, -0.25) is 4.79 Å². The van der Waals surface area contributed by atoms with Crippen molar-refractivity contribution in [2.75, 3.05) is 49.6 Å². The van der Waals surface area contributed by atoms with Gasteiger partial charge < -0.3 is 14.5 Å². The third-order valence-corrected chi connectivity index (χ3v) is 8.68. The van der Waals surface area contributed by atoms with Crippen LogP contribution in [0.4, 0.5) is 11.5 Å². The van der Waals surface area contributed by atoms with Gasteiger partial charge in [-0.05, 0) is 60.9 Å². The Morgan fingerprint density at radius 2 is 1.69 bits per heavy atom. The van der Waals surface area contributed by atoms with Crippen LogP contribution in [-0.2, 0) is 21.2 Å². The Hall–Kier alpha value is -3.50. The molecule has 36 heavy (non-hydrogen) atoms. The molecule has 2 aliphatic heterocycles. The van der Waals surface area contributed by atoms with Gasteiger partial charge in [0.2, 0.25) is 15.9 Å². The first-order chi connectivity index (χ1) is 17.4. The number of ether oxygens (including phenoxy) is 1. The number of fused-ring (bicyclic) bond motifs is 1. The Morgan fingerprint density at radius 3 is 2.39 bits per heavy atom. The normalized spacial score (nSPS) is 16.5. The summed E-state index contributed by atoms with van der Waals surface area (Å²) in [6, 6.07) is 14.7. The molecular weight excluding hydrogens is 478 g/mol. The van der Waals surface area contributed by atoms with Crippen LogP contribution in [0.15, 0.2) is 59.8 Å². The van der Waals surface area contributed by atoms with Gasteiger partial charge in [-0.1, -0.05) is 0 Å². The van der Waals surface area contributed by atoms with Crippen molar-refractivity contribution in [1.82, 2.24) is 14.3 Å². The van der Waals surface area contributed by atoms with Crippen molar-refractivity contribution < 1.29 is 17.9 Å². The Labute approximate surface area is 211 Å². The van der Waals surface area contributed by atoms with Gasteiger partial charge >= 0.3 is 0 Å². The minimum Gasteiger partial charge on any atom is -0.497 e. The van der Waals surface area contributed by atoms with Crippen molar-refractivity contribution >= 4 is 27.4 Å². The van der Waals surface area contributed by atoms with Crippen molar-refractivity contribution in [3.8, 4) is 17.0 Å². The quantitative estimate of drug-likeness (QED) is 0.524. The zero-order valence-corrected chi connectivity index (χ0v) is 21.2. The molecule has 0 spiro atoms. The van der Waals surface area contributed by atoms with Crippen molar-refractivity contribution in [2.45, 2.75) is 24.7 Å². The van der Waals surface area contributed by atoms with E-state index in [2.05, 4.69) is 14.9 Å². The number of benzene rings is 2. The predicted molar refractivity (Wildman–Crippen MR) is 138 cm³/mol. The fourth-order valence-corrected chi connectivity index (χ4v) is 6.28. The zero-order chi connectivity index (χ0) is 25.3. The molecule has 0 unspecified atom stereocenters. The molecule has 188 valence electrons. The largest absolute Gasteiger partial charge is 0.497 e. The SMILES string of the molecule is COc1ccc(-c2cc(N3CCN(S(=O)(=O)c4ccc5c(c4)CCCN5C(C)=O)CC3)ncn2)cc1. The van der Waals surface area contributed by atoms with E-state index in [1.165, 1.54) is 17.6 Å². The molecule has 0 bridgehead atoms. The molecule has 1 aromatic heterocycles. The molecule has 0 aliphatic carbocycles. The minimum atomic E-state index is -3.64. The summed E-state index contributed by atoms with van der Waals surface area (Å²) in [6.07, 6.45) is 3.13. The standard InChI is InChI=1S/C26H29N5O4S/c1-19(32)31-11-3-4-21-16-23(9-10-25(21)31)36(33,34)30-14-12-29(13-15-30)26-17-24(27-18-28-26)20-5-7-22(35-2)8-6-20/h5-10,16-18H,3-4,11-15H2,1-2H3. The predicted octanol–water partition coefficient (Wildman–Crippen LogP) is 2.96. The maximum Gasteiger partial charge on any atom is 0.243 e. The second-order valence-corrected chi connectivity index (χ2v) is 10.9. The van der Waals surface area contributed by atoms with E-state index in [9.17, 15) is 13.2 Å². The lowest BCUT2D eigenvalue weighted by molar-refractivity contribution is -0.116.